The van der Waals surface area contributed by atoms with Crippen LogP contribution in [-0.2, 0) is 14.3 Å². The topological polar surface area (TPSA) is 55.4 Å². The van der Waals surface area contributed by atoms with E-state index in [1.807, 2.05) is 0 Å². The molecule has 2 rings (SSSR count). The summed E-state index contributed by atoms with van der Waals surface area (Å²) in [4.78, 5) is 23.3. The summed E-state index contributed by atoms with van der Waals surface area (Å²) < 4.78 is 4.85. The maximum absolute atomic E-state index is 11.7. The number of hydrogen-bond acceptors (Lipinski definition) is 3. The highest BCUT2D eigenvalue weighted by Gasteiger charge is 2.07. The molecule has 0 saturated carbocycles. The van der Waals surface area contributed by atoms with Gasteiger partial charge in [0, 0.05) is 11.1 Å². The van der Waals surface area contributed by atoms with E-state index in [4.69, 9.17) is 27.9 Å². The standard InChI is InChI=1S/C17H13Cl2NO3/c18-13-8-5-12(6-9-13)7-10-17(22)23-11-16(21)20-15-4-2-1-3-14(15)19/h1-10H,11H2,(H,20,21)/b10-7+. The minimum Gasteiger partial charge on any atom is -0.452 e. The number of hydrogen-bond donors (Lipinski definition) is 1. The van der Waals surface area contributed by atoms with Gasteiger partial charge in [-0.05, 0) is 35.9 Å². The van der Waals surface area contributed by atoms with Gasteiger partial charge in [-0.1, -0.05) is 47.5 Å². The molecule has 0 heterocycles. The van der Waals surface area contributed by atoms with Gasteiger partial charge in [0.2, 0.25) is 0 Å². The Kier molecular flexibility index (Phi) is 6.20. The number of ether oxygens (including phenoxy) is 1. The lowest BCUT2D eigenvalue weighted by Crippen LogP contribution is -2.20. The molecule has 1 N–H and O–H groups in total. The van der Waals surface area contributed by atoms with Gasteiger partial charge in [0.25, 0.3) is 5.91 Å². The van der Waals surface area contributed by atoms with Crippen molar-refractivity contribution in [2.75, 3.05) is 11.9 Å². The molecule has 0 aliphatic rings. The third-order valence-electron chi connectivity index (χ3n) is 2.78. The summed E-state index contributed by atoms with van der Waals surface area (Å²) in [5.74, 6) is -1.08. The first-order valence-electron chi connectivity index (χ1n) is 6.69. The summed E-state index contributed by atoms with van der Waals surface area (Å²) in [5, 5.41) is 3.58. The van der Waals surface area contributed by atoms with Gasteiger partial charge in [0.1, 0.15) is 0 Å². The Morgan fingerprint density at radius 2 is 1.74 bits per heavy atom. The highest BCUT2D eigenvalue weighted by atomic mass is 35.5. The highest BCUT2D eigenvalue weighted by molar-refractivity contribution is 6.33. The van der Waals surface area contributed by atoms with Crippen LogP contribution in [0.3, 0.4) is 0 Å². The SMILES string of the molecule is O=C(COC(=O)/C=C/c1ccc(Cl)cc1)Nc1ccccc1Cl. The Labute approximate surface area is 143 Å². The summed E-state index contributed by atoms with van der Waals surface area (Å²) in [5.41, 5.74) is 1.26. The van der Waals surface area contributed by atoms with E-state index in [-0.39, 0.29) is 0 Å². The fraction of sp³-hybridized carbons (Fsp3) is 0.0588. The third-order valence-corrected chi connectivity index (χ3v) is 3.36. The minimum absolute atomic E-state index is 0.394. The molecule has 4 nitrogen and oxygen atoms in total. The maximum atomic E-state index is 11.7. The lowest BCUT2D eigenvalue weighted by atomic mass is 10.2. The summed E-state index contributed by atoms with van der Waals surface area (Å²) in [6, 6.07) is 13.7. The monoisotopic (exact) mass is 349 g/mol. The molecule has 0 aliphatic carbocycles. The largest absolute Gasteiger partial charge is 0.452 e. The first-order chi connectivity index (χ1) is 11.0. The molecule has 2 aromatic carbocycles. The molecule has 0 atom stereocenters. The molecule has 6 heteroatoms. The summed E-state index contributed by atoms with van der Waals surface area (Å²) in [7, 11) is 0. The van der Waals surface area contributed by atoms with Gasteiger partial charge in [-0.25, -0.2) is 4.79 Å². The molecule has 0 bridgehead atoms. The number of halogens is 2. The molecule has 0 aromatic heterocycles. The average molecular weight is 350 g/mol. The van der Waals surface area contributed by atoms with Gasteiger partial charge >= 0.3 is 5.97 Å². The van der Waals surface area contributed by atoms with Crippen molar-refractivity contribution in [3.8, 4) is 0 Å². The van der Waals surface area contributed by atoms with Crippen molar-refractivity contribution in [1.82, 2.24) is 0 Å². The van der Waals surface area contributed by atoms with Gasteiger partial charge in [0.05, 0.1) is 10.7 Å². The second-order valence-corrected chi connectivity index (χ2v) is 5.36. The number of para-hydroxylation sites is 1. The Hall–Kier alpha value is -2.30. The van der Waals surface area contributed by atoms with Crippen LogP contribution in [0.5, 0.6) is 0 Å². The zero-order valence-corrected chi connectivity index (χ0v) is 13.5. The van der Waals surface area contributed by atoms with Crippen LogP contribution in [0.15, 0.2) is 54.6 Å². The van der Waals surface area contributed by atoms with Gasteiger partial charge < -0.3 is 10.1 Å². The smallest absolute Gasteiger partial charge is 0.331 e. The van der Waals surface area contributed by atoms with Crippen LogP contribution >= 0.6 is 23.2 Å². The van der Waals surface area contributed by atoms with Crippen molar-refractivity contribution < 1.29 is 14.3 Å². The fourth-order valence-electron chi connectivity index (χ4n) is 1.67. The second kappa shape index (κ2) is 8.36. The Balaban J connectivity index is 1.81. The molecule has 0 spiro atoms. The molecule has 0 saturated heterocycles. The zero-order chi connectivity index (χ0) is 16.7. The summed E-state index contributed by atoms with van der Waals surface area (Å²) >= 11 is 11.7. The average Bonchev–Trinajstić information content (AvgIpc) is 2.54. The highest BCUT2D eigenvalue weighted by Crippen LogP contribution is 2.20. The first-order valence-corrected chi connectivity index (χ1v) is 7.45. The lowest BCUT2D eigenvalue weighted by molar-refractivity contribution is -0.142. The van der Waals surface area contributed by atoms with E-state index in [0.29, 0.717) is 15.7 Å². The Morgan fingerprint density at radius 1 is 1.04 bits per heavy atom. The van der Waals surface area contributed by atoms with Gasteiger partial charge in [-0.3, -0.25) is 4.79 Å². The number of nitrogens with one attached hydrogen (secondary N) is 1. The molecular weight excluding hydrogens is 337 g/mol. The minimum atomic E-state index is -0.616. The number of carbonyl (C=O) groups excluding carboxylic acids is 2. The molecule has 0 radical (unpaired) electrons. The quantitative estimate of drug-likeness (QED) is 0.650. The third kappa shape index (κ3) is 5.77. The van der Waals surface area contributed by atoms with Crippen LogP contribution in [0.1, 0.15) is 5.56 Å². The van der Waals surface area contributed by atoms with Crippen LogP contribution in [0.25, 0.3) is 6.08 Å². The van der Waals surface area contributed by atoms with Crippen molar-refractivity contribution in [3.05, 3.63) is 70.2 Å². The van der Waals surface area contributed by atoms with Crippen molar-refractivity contribution >= 4 is 46.8 Å². The number of benzene rings is 2. The predicted octanol–water partition coefficient (Wildman–Crippen LogP) is 4.19. The lowest BCUT2D eigenvalue weighted by Gasteiger charge is -2.06. The van der Waals surface area contributed by atoms with E-state index in [1.54, 1.807) is 54.6 Å². The van der Waals surface area contributed by atoms with E-state index in [2.05, 4.69) is 5.32 Å². The van der Waals surface area contributed by atoms with Crippen molar-refractivity contribution in [1.29, 1.82) is 0 Å². The van der Waals surface area contributed by atoms with Crippen molar-refractivity contribution in [3.63, 3.8) is 0 Å². The van der Waals surface area contributed by atoms with Crippen LogP contribution in [0.2, 0.25) is 10.0 Å². The number of esters is 1. The van der Waals surface area contributed by atoms with E-state index >= 15 is 0 Å². The number of carbonyl (C=O) groups is 2. The fourth-order valence-corrected chi connectivity index (χ4v) is 1.98. The van der Waals surface area contributed by atoms with Crippen molar-refractivity contribution in [2.45, 2.75) is 0 Å². The summed E-state index contributed by atoms with van der Waals surface area (Å²) in [6.07, 6.45) is 2.82. The molecule has 118 valence electrons. The second-order valence-electron chi connectivity index (χ2n) is 4.52. The first kappa shape index (κ1) is 17.1. The van der Waals surface area contributed by atoms with E-state index in [1.165, 1.54) is 6.08 Å². The zero-order valence-electron chi connectivity index (χ0n) is 12.0. The molecule has 0 unspecified atom stereocenters. The summed E-state index contributed by atoms with van der Waals surface area (Å²) in [6.45, 7) is -0.394. The van der Waals surface area contributed by atoms with Gasteiger partial charge in [0.15, 0.2) is 6.61 Å². The maximum Gasteiger partial charge on any atom is 0.331 e. The van der Waals surface area contributed by atoms with E-state index in [0.717, 1.165) is 5.56 Å². The number of rotatable bonds is 5. The molecule has 0 fully saturated rings. The normalized spacial score (nSPS) is 10.5. The van der Waals surface area contributed by atoms with Crippen LogP contribution < -0.4 is 5.32 Å². The van der Waals surface area contributed by atoms with Gasteiger partial charge in [-0.2, -0.15) is 0 Å². The van der Waals surface area contributed by atoms with E-state index < -0.39 is 18.5 Å². The molecule has 23 heavy (non-hydrogen) atoms. The van der Waals surface area contributed by atoms with Gasteiger partial charge in [-0.15, -0.1) is 0 Å². The van der Waals surface area contributed by atoms with Crippen LogP contribution in [0.4, 0.5) is 5.69 Å². The molecule has 2 aromatic rings. The predicted molar refractivity (Wildman–Crippen MR) is 91.5 cm³/mol. The Bertz CT molecular complexity index is 727. The molecule has 1 amide bonds. The number of anilines is 1. The molecule has 0 aliphatic heterocycles. The Morgan fingerprint density at radius 3 is 2.43 bits per heavy atom. The van der Waals surface area contributed by atoms with Crippen LogP contribution in [-0.4, -0.2) is 18.5 Å². The van der Waals surface area contributed by atoms with Crippen molar-refractivity contribution in [2.24, 2.45) is 0 Å². The van der Waals surface area contributed by atoms with Crippen LogP contribution in [0, 0.1) is 0 Å². The van der Waals surface area contributed by atoms with E-state index in [9.17, 15) is 9.59 Å². The number of amides is 1. The molecular formula is C17H13Cl2NO3.